The Kier molecular flexibility index (Phi) is 4.22. The third-order valence-electron chi connectivity index (χ3n) is 3.32. The van der Waals surface area contributed by atoms with Gasteiger partial charge in [-0.2, -0.15) is 0 Å². The Morgan fingerprint density at radius 2 is 2.20 bits per heavy atom. The number of nitrogens with one attached hydrogen (secondary N) is 2. The summed E-state index contributed by atoms with van der Waals surface area (Å²) >= 11 is 0. The SMILES string of the molecule is CCc1cc(OC)c(NC2CCC(=O)NC2=O)cc1F. The summed E-state index contributed by atoms with van der Waals surface area (Å²) in [6.07, 6.45) is 1.20. The molecule has 0 aromatic heterocycles. The van der Waals surface area contributed by atoms with Crippen molar-refractivity contribution >= 4 is 17.5 Å². The third kappa shape index (κ3) is 2.89. The van der Waals surface area contributed by atoms with E-state index in [-0.39, 0.29) is 18.1 Å². The van der Waals surface area contributed by atoms with E-state index >= 15 is 0 Å². The van der Waals surface area contributed by atoms with Crippen molar-refractivity contribution in [2.45, 2.75) is 32.2 Å². The lowest BCUT2D eigenvalue weighted by atomic mass is 10.0. The predicted molar refractivity (Wildman–Crippen MR) is 72.1 cm³/mol. The van der Waals surface area contributed by atoms with Crippen molar-refractivity contribution in [3.63, 3.8) is 0 Å². The highest BCUT2D eigenvalue weighted by atomic mass is 19.1. The number of rotatable bonds is 4. The number of anilines is 1. The van der Waals surface area contributed by atoms with Gasteiger partial charge in [-0.1, -0.05) is 6.92 Å². The minimum Gasteiger partial charge on any atom is -0.495 e. The van der Waals surface area contributed by atoms with Crippen LogP contribution in [-0.2, 0) is 16.0 Å². The highest BCUT2D eigenvalue weighted by Crippen LogP contribution is 2.29. The van der Waals surface area contributed by atoms with Crippen LogP contribution in [0.4, 0.5) is 10.1 Å². The van der Waals surface area contributed by atoms with E-state index in [1.54, 1.807) is 6.07 Å². The van der Waals surface area contributed by atoms with Crippen LogP contribution in [0.15, 0.2) is 12.1 Å². The topological polar surface area (TPSA) is 67.4 Å². The molecule has 2 N–H and O–H groups in total. The zero-order valence-corrected chi connectivity index (χ0v) is 11.5. The molecule has 20 heavy (non-hydrogen) atoms. The van der Waals surface area contributed by atoms with Crippen LogP contribution in [0, 0.1) is 5.82 Å². The number of ether oxygens (including phenoxy) is 1. The summed E-state index contributed by atoms with van der Waals surface area (Å²) in [6.45, 7) is 1.85. The summed E-state index contributed by atoms with van der Waals surface area (Å²) in [5.41, 5.74) is 0.965. The maximum absolute atomic E-state index is 13.8. The number of amides is 2. The Labute approximate surface area is 116 Å². The highest BCUT2D eigenvalue weighted by Gasteiger charge is 2.27. The molecule has 1 aromatic carbocycles. The van der Waals surface area contributed by atoms with Crippen LogP contribution in [0.1, 0.15) is 25.3 Å². The zero-order valence-electron chi connectivity index (χ0n) is 11.5. The van der Waals surface area contributed by atoms with Gasteiger partial charge in [0, 0.05) is 12.5 Å². The van der Waals surface area contributed by atoms with E-state index in [1.165, 1.54) is 13.2 Å². The first kappa shape index (κ1) is 14.3. The number of hydrogen-bond acceptors (Lipinski definition) is 4. The number of methoxy groups -OCH3 is 1. The minimum atomic E-state index is -0.562. The minimum absolute atomic E-state index is 0.265. The molecule has 1 aromatic rings. The Bertz CT molecular complexity index is 545. The van der Waals surface area contributed by atoms with E-state index < -0.39 is 11.9 Å². The fourth-order valence-electron chi connectivity index (χ4n) is 2.17. The Hall–Kier alpha value is -2.11. The number of piperidine rings is 1. The van der Waals surface area contributed by atoms with Gasteiger partial charge >= 0.3 is 0 Å². The van der Waals surface area contributed by atoms with Gasteiger partial charge in [0.25, 0.3) is 0 Å². The largest absolute Gasteiger partial charge is 0.495 e. The number of benzene rings is 1. The number of aryl methyl sites for hydroxylation is 1. The summed E-state index contributed by atoms with van der Waals surface area (Å²) < 4.78 is 19.0. The van der Waals surface area contributed by atoms with E-state index in [0.717, 1.165) is 0 Å². The van der Waals surface area contributed by atoms with E-state index in [2.05, 4.69) is 10.6 Å². The van der Waals surface area contributed by atoms with Crippen molar-refractivity contribution in [2.75, 3.05) is 12.4 Å². The second kappa shape index (κ2) is 5.90. The van der Waals surface area contributed by atoms with Gasteiger partial charge in [0.15, 0.2) is 0 Å². The average molecular weight is 280 g/mol. The molecular weight excluding hydrogens is 263 g/mol. The summed E-state index contributed by atoms with van der Waals surface area (Å²) in [4.78, 5) is 22.8. The lowest BCUT2D eigenvalue weighted by Crippen LogP contribution is -2.47. The van der Waals surface area contributed by atoms with Crippen molar-refractivity contribution in [1.29, 1.82) is 0 Å². The van der Waals surface area contributed by atoms with E-state index in [4.69, 9.17) is 4.74 Å². The molecule has 1 aliphatic rings. The van der Waals surface area contributed by atoms with Gasteiger partial charge in [0.2, 0.25) is 11.8 Å². The molecule has 108 valence electrons. The van der Waals surface area contributed by atoms with Crippen molar-refractivity contribution in [3.05, 3.63) is 23.5 Å². The van der Waals surface area contributed by atoms with Gasteiger partial charge in [-0.05, 0) is 24.5 Å². The summed E-state index contributed by atoms with van der Waals surface area (Å²) in [5.74, 6) is -0.549. The number of hydrogen-bond donors (Lipinski definition) is 2. The first-order valence-electron chi connectivity index (χ1n) is 6.51. The van der Waals surface area contributed by atoms with Crippen LogP contribution in [0.25, 0.3) is 0 Å². The Morgan fingerprint density at radius 1 is 1.45 bits per heavy atom. The van der Waals surface area contributed by atoms with Gasteiger partial charge < -0.3 is 10.1 Å². The van der Waals surface area contributed by atoms with Crippen molar-refractivity contribution in [3.8, 4) is 5.75 Å². The summed E-state index contributed by atoms with van der Waals surface area (Å²) in [7, 11) is 1.49. The Morgan fingerprint density at radius 3 is 2.80 bits per heavy atom. The molecule has 0 aliphatic carbocycles. The molecule has 1 aliphatic heterocycles. The first-order valence-corrected chi connectivity index (χ1v) is 6.51. The van der Waals surface area contributed by atoms with Gasteiger partial charge in [-0.15, -0.1) is 0 Å². The molecule has 1 saturated heterocycles. The molecule has 5 nitrogen and oxygen atoms in total. The lowest BCUT2D eigenvalue weighted by Gasteiger charge is -2.24. The van der Waals surface area contributed by atoms with Crippen LogP contribution >= 0.6 is 0 Å². The van der Waals surface area contributed by atoms with Gasteiger partial charge in [-0.3, -0.25) is 14.9 Å². The maximum Gasteiger partial charge on any atom is 0.249 e. The van der Waals surface area contributed by atoms with Gasteiger partial charge in [0.05, 0.1) is 12.8 Å². The highest BCUT2D eigenvalue weighted by molar-refractivity contribution is 6.01. The van der Waals surface area contributed by atoms with Crippen LogP contribution in [-0.4, -0.2) is 25.0 Å². The second-order valence-corrected chi connectivity index (χ2v) is 4.65. The van der Waals surface area contributed by atoms with Crippen molar-refractivity contribution < 1.29 is 18.7 Å². The van der Waals surface area contributed by atoms with Crippen LogP contribution < -0.4 is 15.4 Å². The zero-order chi connectivity index (χ0) is 14.7. The Balaban J connectivity index is 2.22. The van der Waals surface area contributed by atoms with E-state index in [1.807, 2.05) is 6.92 Å². The van der Waals surface area contributed by atoms with Crippen molar-refractivity contribution in [1.82, 2.24) is 5.32 Å². The van der Waals surface area contributed by atoms with Gasteiger partial charge in [0.1, 0.15) is 17.6 Å². The molecule has 0 spiro atoms. The van der Waals surface area contributed by atoms with Gasteiger partial charge in [-0.25, -0.2) is 4.39 Å². The number of carbonyl (C=O) groups is 2. The van der Waals surface area contributed by atoms with E-state index in [0.29, 0.717) is 29.8 Å². The lowest BCUT2D eigenvalue weighted by molar-refractivity contribution is -0.133. The molecule has 1 unspecified atom stereocenters. The standard InChI is InChI=1S/C14H17FN2O3/c1-3-8-6-12(20-2)11(7-9(8)15)16-10-4-5-13(18)17-14(10)19/h6-7,10,16H,3-5H2,1-2H3,(H,17,18,19). The maximum atomic E-state index is 13.8. The number of halogens is 1. The van der Waals surface area contributed by atoms with Crippen molar-refractivity contribution in [2.24, 2.45) is 0 Å². The molecule has 0 saturated carbocycles. The monoisotopic (exact) mass is 280 g/mol. The molecule has 2 rings (SSSR count). The summed E-state index contributed by atoms with van der Waals surface area (Å²) in [5, 5.41) is 5.18. The summed E-state index contributed by atoms with van der Waals surface area (Å²) in [6, 6.07) is 2.37. The quantitative estimate of drug-likeness (QED) is 0.822. The van der Waals surface area contributed by atoms with Crippen LogP contribution in [0.5, 0.6) is 5.75 Å². The molecule has 1 fully saturated rings. The third-order valence-corrected chi connectivity index (χ3v) is 3.32. The molecular formula is C14H17FN2O3. The molecule has 0 radical (unpaired) electrons. The molecule has 6 heteroatoms. The molecule has 1 atom stereocenters. The van der Waals surface area contributed by atoms with Crippen LogP contribution in [0.3, 0.4) is 0 Å². The smallest absolute Gasteiger partial charge is 0.249 e. The fraction of sp³-hybridized carbons (Fsp3) is 0.429. The molecule has 2 amide bonds. The molecule has 0 bridgehead atoms. The first-order chi connectivity index (χ1) is 9.55. The normalized spacial score (nSPS) is 18.6. The fourth-order valence-corrected chi connectivity index (χ4v) is 2.17. The number of carbonyl (C=O) groups excluding carboxylic acids is 2. The molecule has 1 heterocycles. The average Bonchev–Trinajstić information content (AvgIpc) is 2.42. The predicted octanol–water partition coefficient (Wildman–Crippen LogP) is 1.61. The second-order valence-electron chi connectivity index (χ2n) is 4.65. The van der Waals surface area contributed by atoms with Crippen LogP contribution in [0.2, 0.25) is 0 Å². The number of imide groups is 1. The van der Waals surface area contributed by atoms with E-state index in [9.17, 15) is 14.0 Å².